The van der Waals surface area contributed by atoms with Crippen LogP contribution in [0.15, 0.2) is 60.7 Å². The molecule has 0 aliphatic carbocycles. The van der Waals surface area contributed by atoms with Gasteiger partial charge in [-0.25, -0.2) is 0 Å². The molecule has 2 aromatic carbocycles. The Balaban J connectivity index is 2.17. The maximum Gasteiger partial charge on any atom is 0.143 e. The lowest BCUT2D eigenvalue weighted by Crippen LogP contribution is -2.21. The molecule has 124 valence electrons. The fraction of sp³-hybridized carbons (Fsp3) is 0.429. The Morgan fingerprint density at radius 3 is 1.83 bits per heavy atom. The van der Waals surface area contributed by atoms with Crippen LogP contribution >= 0.6 is 7.14 Å². The number of hydrogen-bond donors (Lipinski definition) is 0. The average molecular weight is 328 g/mol. The Hall–Kier alpha value is -1.33. The van der Waals surface area contributed by atoms with Crippen molar-refractivity contribution in [2.24, 2.45) is 5.92 Å². The molecule has 0 aliphatic heterocycles. The third kappa shape index (κ3) is 5.08. The zero-order valence-corrected chi connectivity index (χ0v) is 15.3. The van der Waals surface area contributed by atoms with Crippen molar-refractivity contribution in [1.29, 1.82) is 0 Å². The van der Waals surface area contributed by atoms with Gasteiger partial charge in [0, 0.05) is 16.8 Å². The maximum atomic E-state index is 13.9. The van der Waals surface area contributed by atoms with E-state index in [1.54, 1.807) is 0 Å². The van der Waals surface area contributed by atoms with Crippen LogP contribution in [-0.2, 0) is 4.57 Å². The first-order chi connectivity index (χ1) is 11.2. The number of hydrogen-bond acceptors (Lipinski definition) is 1. The number of rotatable bonds is 9. The summed E-state index contributed by atoms with van der Waals surface area (Å²) >= 11 is 0. The summed E-state index contributed by atoms with van der Waals surface area (Å²) < 4.78 is 13.9. The predicted octanol–water partition coefficient (Wildman–Crippen LogP) is 5.61. The molecule has 0 radical (unpaired) electrons. The molecule has 0 bridgehead atoms. The smallest absolute Gasteiger partial charge is 0.143 e. The zero-order chi connectivity index (χ0) is 16.5. The maximum absolute atomic E-state index is 13.9. The summed E-state index contributed by atoms with van der Waals surface area (Å²) in [5.74, 6) is 0.484. The summed E-state index contributed by atoms with van der Waals surface area (Å²) in [5, 5.41) is 1.98. The Labute approximate surface area is 141 Å². The van der Waals surface area contributed by atoms with Gasteiger partial charge in [-0.05, 0) is 5.92 Å². The normalized spacial score (nSPS) is 13.0. The summed E-state index contributed by atoms with van der Waals surface area (Å²) in [6.45, 7) is 4.49. The molecule has 0 spiro atoms. The predicted molar refractivity (Wildman–Crippen MR) is 103 cm³/mol. The van der Waals surface area contributed by atoms with Crippen LogP contribution in [0.25, 0.3) is 0 Å². The van der Waals surface area contributed by atoms with Gasteiger partial charge in [0.15, 0.2) is 0 Å². The van der Waals surface area contributed by atoms with Crippen molar-refractivity contribution in [3.63, 3.8) is 0 Å². The molecule has 0 saturated carbocycles. The van der Waals surface area contributed by atoms with Gasteiger partial charge in [-0.2, -0.15) is 0 Å². The quantitative estimate of drug-likeness (QED) is 0.432. The molecule has 0 amide bonds. The van der Waals surface area contributed by atoms with Gasteiger partial charge in [-0.15, -0.1) is 0 Å². The van der Waals surface area contributed by atoms with Crippen molar-refractivity contribution in [2.45, 2.75) is 46.0 Å². The molecule has 0 fully saturated rings. The molecule has 2 rings (SSSR count). The third-order valence-corrected chi connectivity index (χ3v) is 7.87. The molecule has 2 heteroatoms. The van der Waals surface area contributed by atoms with Crippen molar-refractivity contribution < 1.29 is 4.57 Å². The summed E-state index contributed by atoms with van der Waals surface area (Å²) in [5.41, 5.74) is 0. The van der Waals surface area contributed by atoms with Gasteiger partial charge in [0.2, 0.25) is 0 Å². The molecule has 0 heterocycles. The fourth-order valence-corrected chi connectivity index (χ4v) is 6.23. The Bertz CT molecular complexity index is 563. The van der Waals surface area contributed by atoms with Crippen LogP contribution in [0.2, 0.25) is 0 Å². The largest absolute Gasteiger partial charge is 0.314 e. The van der Waals surface area contributed by atoms with Crippen LogP contribution in [0.4, 0.5) is 0 Å². The molecule has 1 nitrogen and oxygen atoms in total. The van der Waals surface area contributed by atoms with Crippen LogP contribution in [0.5, 0.6) is 0 Å². The molecule has 23 heavy (non-hydrogen) atoms. The van der Waals surface area contributed by atoms with E-state index in [0.29, 0.717) is 5.92 Å². The highest BCUT2D eigenvalue weighted by atomic mass is 31.2. The second-order valence-electron chi connectivity index (χ2n) is 6.55. The van der Waals surface area contributed by atoms with Gasteiger partial charge in [-0.1, -0.05) is 107 Å². The molecule has 0 saturated heterocycles. The van der Waals surface area contributed by atoms with Crippen molar-refractivity contribution in [3.8, 4) is 0 Å². The third-order valence-electron chi connectivity index (χ3n) is 4.47. The van der Waals surface area contributed by atoms with E-state index in [1.807, 2.05) is 60.7 Å². The highest BCUT2D eigenvalue weighted by Crippen LogP contribution is 2.45. The zero-order valence-electron chi connectivity index (χ0n) is 14.4. The average Bonchev–Trinajstić information content (AvgIpc) is 2.60. The lowest BCUT2D eigenvalue weighted by atomic mass is 10.0. The van der Waals surface area contributed by atoms with Crippen molar-refractivity contribution >= 4 is 17.8 Å². The van der Waals surface area contributed by atoms with E-state index < -0.39 is 7.14 Å². The van der Waals surface area contributed by atoms with Crippen LogP contribution in [-0.4, -0.2) is 6.16 Å². The van der Waals surface area contributed by atoms with Crippen LogP contribution in [0.1, 0.15) is 46.0 Å². The number of unbranched alkanes of at least 4 members (excludes halogenated alkanes) is 3. The minimum Gasteiger partial charge on any atom is -0.314 e. The second kappa shape index (κ2) is 9.08. The SMILES string of the molecule is CCCCCC[C@@H](C)CP(=O)(c1ccccc1)c1ccccc1. The fourth-order valence-electron chi connectivity index (χ4n) is 3.15. The summed E-state index contributed by atoms with van der Waals surface area (Å²) in [4.78, 5) is 0. The first kappa shape index (κ1) is 18.0. The molecule has 0 aromatic heterocycles. The van der Waals surface area contributed by atoms with Gasteiger partial charge in [0.1, 0.15) is 7.14 Å². The summed E-state index contributed by atoms with van der Waals surface area (Å²) in [7, 11) is -2.54. The highest BCUT2D eigenvalue weighted by molar-refractivity contribution is 7.78. The van der Waals surface area contributed by atoms with Crippen LogP contribution in [0, 0.1) is 5.92 Å². The van der Waals surface area contributed by atoms with Crippen molar-refractivity contribution in [1.82, 2.24) is 0 Å². The van der Waals surface area contributed by atoms with Crippen molar-refractivity contribution in [2.75, 3.05) is 6.16 Å². The van der Waals surface area contributed by atoms with E-state index in [1.165, 1.54) is 32.1 Å². The van der Waals surface area contributed by atoms with Gasteiger partial charge < -0.3 is 4.57 Å². The standard InChI is InChI=1S/C21H29OP/c1-3-4-5-8-13-19(2)18-23(22,20-14-9-6-10-15-20)21-16-11-7-12-17-21/h6-7,9-12,14-17,19H,3-5,8,13,18H2,1-2H3/t19-/m1/s1. The molecular weight excluding hydrogens is 299 g/mol. The molecule has 0 aliphatic rings. The monoisotopic (exact) mass is 328 g/mol. The van der Waals surface area contributed by atoms with E-state index in [2.05, 4.69) is 13.8 Å². The lowest BCUT2D eigenvalue weighted by Gasteiger charge is -2.23. The second-order valence-corrected chi connectivity index (χ2v) is 9.43. The Kier molecular flexibility index (Phi) is 7.12. The van der Waals surface area contributed by atoms with E-state index in [4.69, 9.17) is 0 Å². The van der Waals surface area contributed by atoms with Gasteiger partial charge in [0.05, 0.1) is 0 Å². The molecule has 0 unspecified atom stereocenters. The Morgan fingerprint density at radius 2 is 1.35 bits per heavy atom. The van der Waals surface area contributed by atoms with Crippen LogP contribution in [0.3, 0.4) is 0 Å². The topological polar surface area (TPSA) is 17.1 Å². The molecule has 0 N–H and O–H groups in total. The molecule has 2 aromatic rings. The number of benzene rings is 2. The minimum atomic E-state index is -2.54. The van der Waals surface area contributed by atoms with Gasteiger partial charge in [0.25, 0.3) is 0 Å². The van der Waals surface area contributed by atoms with Gasteiger partial charge in [-0.3, -0.25) is 0 Å². The lowest BCUT2D eigenvalue weighted by molar-refractivity contribution is 0.517. The minimum absolute atomic E-state index is 0.484. The van der Waals surface area contributed by atoms with E-state index >= 15 is 0 Å². The molecular formula is C21H29OP. The first-order valence-corrected chi connectivity index (χ1v) is 10.8. The first-order valence-electron chi connectivity index (χ1n) is 8.87. The van der Waals surface area contributed by atoms with Crippen molar-refractivity contribution in [3.05, 3.63) is 60.7 Å². The van der Waals surface area contributed by atoms with E-state index in [-0.39, 0.29) is 0 Å². The summed E-state index contributed by atoms with van der Waals surface area (Å²) in [6.07, 6.45) is 7.06. The summed E-state index contributed by atoms with van der Waals surface area (Å²) in [6, 6.07) is 20.1. The van der Waals surface area contributed by atoms with E-state index in [9.17, 15) is 4.57 Å². The molecule has 1 atom stereocenters. The van der Waals surface area contributed by atoms with Gasteiger partial charge >= 0.3 is 0 Å². The van der Waals surface area contributed by atoms with E-state index in [0.717, 1.165) is 16.8 Å². The highest BCUT2D eigenvalue weighted by Gasteiger charge is 2.28. The Morgan fingerprint density at radius 1 is 0.826 bits per heavy atom. The van der Waals surface area contributed by atoms with Crippen LogP contribution < -0.4 is 10.6 Å².